The van der Waals surface area contributed by atoms with Crippen LogP contribution in [-0.4, -0.2) is 9.78 Å². The largest absolute Gasteiger partial charge is 0.384 e. The van der Waals surface area contributed by atoms with Gasteiger partial charge in [-0.1, -0.05) is 53.7 Å². The molecule has 20 heavy (non-hydrogen) atoms. The summed E-state index contributed by atoms with van der Waals surface area (Å²) in [6.45, 7) is 13.1. The van der Waals surface area contributed by atoms with Gasteiger partial charge in [-0.25, -0.2) is 4.68 Å². The van der Waals surface area contributed by atoms with Gasteiger partial charge in [0.15, 0.2) is 0 Å². The lowest BCUT2D eigenvalue weighted by atomic mass is 9.87. The van der Waals surface area contributed by atoms with Crippen LogP contribution in [0.25, 0.3) is 5.69 Å². The minimum atomic E-state index is 0.00468. The third kappa shape index (κ3) is 2.87. The van der Waals surface area contributed by atoms with Crippen molar-refractivity contribution in [2.45, 2.75) is 52.4 Å². The summed E-state index contributed by atoms with van der Waals surface area (Å²) in [5.41, 5.74) is 9.58. The number of hydrogen-bond acceptors (Lipinski definition) is 2. The SMILES string of the molecule is CC(C)(C)c1ccc(-n2nc(C(C)(C)C)cc2N)cc1. The lowest BCUT2D eigenvalue weighted by Crippen LogP contribution is -2.13. The van der Waals surface area contributed by atoms with Crippen molar-refractivity contribution in [3.8, 4) is 5.69 Å². The molecule has 2 N–H and O–H groups in total. The van der Waals surface area contributed by atoms with Crippen LogP contribution in [0.1, 0.15) is 52.8 Å². The fourth-order valence-electron chi connectivity index (χ4n) is 2.07. The molecule has 0 unspecified atom stereocenters. The van der Waals surface area contributed by atoms with E-state index in [1.807, 2.05) is 10.7 Å². The predicted molar refractivity (Wildman–Crippen MR) is 85.4 cm³/mol. The Labute approximate surface area is 121 Å². The summed E-state index contributed by atoms with van der Waals surface area (Å²) in [7, 11) is 0. The molecule has 0 saturated carbocycles. The highest BCUT2D eigenvalue weighted by Gasteiger charge is 2.20. The first kappa shape index (κ1) is 14.6. The zero-order valence-electron chi connectivity index (χ0n) is 13.4. The zero-order chi connectivity index (χ0) is 15.1. The monoisotopic (exact) mass is 271 g/mol. The van der Waals surface area contributed by atoms with Crippen molar-refractivity contribution in [1.29, 1.82) is 0 Å². The van der Waals surface area contributed by atoms with E-state index >= 15 is 0 Å². The van der Waals surface area contributed by atoms with Gasteiger partial charge in [-0.2, -0.15) is 5.10 Å². The smallest absolute Gasteiger partial charge is 0.127 e. The normalized spacial score (nSPS) is 12.7. The fraction of sp³-hybridized carbons (Fsp3) is 0.471. The Morgan fingerprint density at radius 2 is 1.45 bits per heavy atom. The molecule has 0 amide bonds. The van der Waals surface area contributed by atoms with Crippen LogP contribution in [0, 0.1) is 0 Å². The van der Waals surface area contributed by atoms with Gasteiger partial charge in [0.25, 0.3) is 0 Å². The van der Waals surface area contributed by atoms with Crippen molar-refractivity contribution in [2.24, 2.45) is 0 Å². The molecule has 1 heterocycles. The molecular formula is C17H25N3. The third-order valence-electron chi connectivity index (χ3n) is 3.48. The number of hydrogen-bond donors (Lipinski definition) is 1. The molecule has 1 aromatic heterocycles. The highest BCUT2D eigenvalue weighted by atomic mass is 15.3. The molecule has 0 fully saturated rings. The Morgan fingerprint density at radius 3 is 1.85 bits per heavy atom. The number of nitrogens with two attached hydrogens (primary N) is 1. The minimum absolute atomic E-state index is 0.00468. The van der Waals surface area contributed by atoms with Crippen LogP contribution in [0.5, 0.6) is 0 Å². The summed E-state index contributed by atoms with van der Waals surface area (Å²) in [6.07, 6.45) is 0. The molecule has 2 rings (SSSR count). The van der Waals surface area contributed by atoms with E-state index in [1.54, 1.807) is 0 Å². The molecule has 3 nitrogen and oxygen atoms in total. The Hall–Kier alpha value is -1.77. The molecule has 0 bridgehead atoms. The van der Waals surface area contributed by atoms with E-state index in [4.69, 9.17) is 5.73 Å². The van der Waals surface area contributed by atoms with Crippen LogP contribution in [0.2, 0.25) is 0 Å². The first-order valence-electron chi connectivity index (χ1n) is 7.06. The van der Waals surface area contributed by atoms with Crippen molar-refractivity contribution in [1.82, 2.24) is 9.78 Å². The van der Waals surface area contributed by atoms with Crippen LogP contribution in [-0.2, 0) is 10.8 Å². The van der Waals surface area contributed by atoms with Gasteiger partial charge in [0.1, 0.15) is 5.82 Å². The quantitative estimate of drug-likeness (QED) is 0.850. The molecule has 108 valence electrons. The van der Waals surface area contributed by atoms with Gasteiger partial charge < -0.3 is 5.73 Å². The van der Waals surface area contributed by atoms with E-state index in [9.17, 15) is 0 Å². The highest BCUT2D eigenvalue weighted by molar-refractivity contribution is 5.45. The summed E-state index contributed by atoms with van der Waals surface area (Å²) in [4.78, 5) is 0. The molecule has 2 aromatic rings. The molecule has 0 aliphatic rings. The van der Waals surface area contributed by atoms with Crippen molar-refractivity contribution in [3.05, 3.63) is 41.6 Å². The standard InChI is InChI=1S/C17H25N3/c1-16(2,3)12-7-9-13(10-8-12)20-15(18)11-14(19-20)17(4,5)6/h7-11H,18H2,1-6H3. The van der Waals surface area contributed by atoms with Gasteiger partial charge in [-0.3, -0.25) is 0 Å². The van der Waals surface area contributed by atoms with Gasteiger partial charge in [0, 0.05) is 11.5 Å². The highest BCUT2D eigenvalue weighted by Crippen LogP contribution is 2.26. The second-order valence-corrected chi connectivity index (χ2v) is 7.41. The average Bonchev–Trinajstić information content (AvgIpc) is 2.70. The van der Waals surface area contributed by atoms with Crippen molar-refractivity contribution in [3.63, 3.8) is 0 Å². The fourth-order valence-corrected chi connectivity index (χ4v) is 2.07. The molecule has 0 atom stereocenters. The van der Waals surface area contributed by atoms with E-state index < -0.39 is 0 Å². The van der Waals surface area contributed by atoms with Crippen LogP contribution in [0.15, 0.2) is 30.3 Å². The van der Waals surface area contributed by atoms with E-state index in [1.165, 1.54) is 5.56 Å². The van der Waals surface area contributed by atoms with Gasteiger partial charge in [0.2, 0.25) is 0 Å². The maximum Gasteiger partial charge on any atom is 0.127 e. The summed E-state index contributed by atoms with van der Waals surface area (Å²) < 4.78 is 1.81. The van der Waals surface area contributed by atoms with Crippen LogP contribution < -0.4 is 5.73 Å². The Kier molecular flexibility index (Phi) is 3.41. The molecule has 0 aliphatic carbocycles. The Morgan fingerprint density at radius 1 is 0.900 bits per heavy atom. The first-order valence-corrected chi connectivity index (χ1v) is 7.06. The van der Waals surface area contributed by atoms with Crippen LogP contribution >= 0.6 is 0 Å². The molecular weight excluding hydrogens is 246 g/mol. The van der Waals surface area contributed by atoms with Crippen LogP contribution in [0.4, 0.5) is 5.82 Å². The Bertz CT molecular complexity index is 593. The van der Waals surface area contributed by atoms with Gasteiger partial charge in [0.05, 0.1) is 11.4 Å². The number of rotatable bonds is 1. The maximum atomic E-state index is 6.09. The van der Waals surface area contributed by atoms with Gasteiger partial charge in [-0.15, -0.1) is 0 Å². The summed E-state index contributed by atoms with van der Waals surface area (Å²) in [5.74, 6) is 0.679. The molecule has 0 saturated heterocycles. The number of benzene rings is 1. The lowest BCUT2D eigenvalue weighted by Gasteiger charge is -2.19. The zero-order valence-corrected chi connectivity index (χ0v) is 13.4. The van der Waals surface area contributed by atoms with E-state index in [0.717, 1.165) is 11.4 Å². The molecule has 0 radical (unpaired) electrons. The lowest BCUT2D eigenvalue weighted by molar-refractivity contribution is 0.560. The molecule has 0 aliphatic heterocycles. The average molecular weight is 271 g/mol. The van der Waals surface area contributed by atoms with Crippen molar-refractivity contribution >= 4 is 5.82 Å². The van der Waals surface area contributed by atoms with Gasteiger partial charge in [-0.05, 0) is 23.1 Å². The van der Waals surface area contributed by atoms with Gasteiger partial charge >= 0.3 is 0 Å². The number of anilines is 1. The molecule has 1 aromatic carbocycles. The Balaban J connectivity index is 2.40. The maximum absolute atomic E-state index is 6.09. The third-order valence-corrected chi connectivity index (χ3v) is 3.48. The van der Waals surface area contributed by atoms with Crippen molar-refractivity contribution < 1.29 is 0 Å². The van der Waals surface area contributed by atoms with E-state index in [-0.39, 0.29) is 10.8 Å². The molecule has 3 heteroatoms. The second kappa shape index (κ2) is 4.65. The predicted octanol–water partition coefficient (Wildman–Crippen LogP) is 4.05. The minimum Gasteiger partial charge on any atom is -0.384 e. The molecule has 0 spiro atoms. The summed E-state index contributed by atoms with van der Waals surface area (Å²) >= 11 is 0. The first-order chi connectivity index (χ1) is 9.09. The van der Waals surface area contributed by atoms with Crippen LogP contribution in [0.3, 0.4) is 0 Å². The number of nitrogen functional groups attached to an aromatic ring is 1. The number of aromatic nitrogens is 2. The summed E-state index contributed by atoms with van der Waals surface area (Å²) in [6, 6.07) is 10.4. The topological polar surface area (TPSA) is 43.8 Å². The van der Waals surface area contributed by atoms with E-state index in [0.29, 0.717) is 5.82 Å². The number of nitrogens with zero attached hydrogens (tertiary/aromatic N) is 2. The second-order valence-electron chi connectivity index (χ2n) is 7.41. The van der Waals surface area contributed by atoms with Crippen molar-refractivity contribution in [2.75, 3.05) is 5.73 Å². The summed E-state index contributed by atoms with van der Waals surface area (Å²) in [5, 5.41) is 4.63. The van der Waals surface area contributed by atoms with E-state index in [2.05, 4.69) is 70.9 Å².